The van der Waals surface area contributed by atoms with Crippen LogP contribution in [0.5, 0.6) is 0 Å². The van der Waals surface area contributed by atoms with E-state index >= 15 is 0 Å². The topological polar surface area (TPSA) is 36.0 Å². The van der Waals surface area contributed by atoms with E-state index in [-0.39, 0.29) is 0 Å². The van der Waals surface area contributed by atoms with Crippen molar-refractivity contribution in [3.05, 3.63) is 70.3 Å². The van der Waals surface area contributed by atoms with Gasteiger partial charge in [-0.1, -0.05) is 46.3 Å². The predicted molar refractivity (Wildman–Crippen MR) is 76.5 cm³/mol. The van der Waals surface area contributed by atoms with Gasteiger partial charge in [-0.2, -0.15) is 0 Å². The summed E-state index contributed by atoms with van der Waals surface area (Å²) in [6.07, 6.45) is 1.26. The van der Waals surface area contributed by atoms with Gasteiger partial charge in [0.25, 0.3) is 0 Å². The molecule has 2 N–H and O–H groups in total. The third kappa shape index (κ3) is 1.96. The van der Waals surface area contributed by atoms with Gasteiger partial charge in [0, 0.05) is 27.1 Å². The average Bonchev–Trinajstić information content (AvgIpc) is 2.82. The minimum atomic E-state index is -0.612. The van der Waals surface area contributed by atoms with Gasteiger partial charge in [-0.15, -0.1) is 0 Å². The van der Waals surface area contributed by atoms with Crippen LogP contribution in [0.25, 0.3) is 10.9 Å². The van der Waals surface area contributed by atoms with Gasteiger partial charge in [0.15, 0.2) is 0 Å². The predicted octanol–water partition coefficient (Wildman–Crippen LogP) is 4.01. The Balaban J connectivity index is 2.09. The minimum absolute atomic E-state index is 0.612. The van der Waals surface area contributed by atoms with Crippen LogP contribution in [0, 0.1) is 0 Å². The number of aromatic nitrogens is 1. The van der Waals surface area contributed by atoms with Crippen LogP contribution in [-0.2, 0) is 0 Å². The first-order valence-corrected chi connectivity index (χ1v) is 6.54. The Morgan fingerprint density at radius 2 is 1.89 bits per heavy atom. The maximum absolute atomic E-state index is 10.5. The van der Waals surface area contributed by atoms with Crippen molar-refractivity contribution in [3.8, 4) is 0 Å². The van der Waals surface area contributed by atoms with Crippen LogP contribution in [0.1, 0.15) is 17.2 Å². The Labute approximate surface area is 113 Å². The number of aliphatic hydroxyl groups excluding tert-OH is 1. The second kappa shape index (κ2) is 4.59. The zero-order valence-corrected chi connectivity index (χ0v) is 11.2. The van der Waals surface area contributed by atoms with E-state index in [1.54, 1.807) is 0 Å². The summed E-state index contributed by atoms with van der Waals surface area (Å²) in [5.41, 5.74) is 2.83. The summed E-state index contributed by atoms with van der Waals surface area (Å²) in [4.78, 5) is 3.18. The molecule has 0 aliphatic heterocycles. The number of para-hydroxylation sites is 1. The lowest BCUT2D eigenvalue weighted by molar-refractivity contribution is 0.222. The zero-order valence-electron chi connectivity index (χ0n) is 9.60. The number of rotatable bonds is 2. The number of benzene rings is 2. The van der Waals surface area contributed by atoms with E-state index in [4.69, 9.17) is 0 Å². The molecule has 18 heavy (non-hydrogen) atoms. The fraction of sp³-hybridized carbons (Fsp3) is 0.0667. The van der Waals surface area contributed by atoms with Gasteiger partial charge in [0.2, 0.25) is 0 Å². The van der Waals surface area contributed by atoms with Gasteiger partial charge >= 0.3 is 0 Å². The number of nitrogens with one attached hydrogen (secondary N) is 1. The highest BCUT2D eigenvalue weighted by Crippen LogP contribution is 2.29. The fourth-order valence-electron chi connectivity index (χ4n) is 2.18. The molecule has 0 radical (unpaired) electrons. The molecule has 3 rings (SSSR count). The Morgan fingerprint density at radius 3 is 2.72 bits per heavy atom. The van der Waals surface area contributed by atoms with E-state index in [0.29, 0.717) is 0 Å². The summed E-state index contributed by atoms with van der Waals surface area (Å²) >= 11 is 3.42. The van der Waals surface area contributed by atoms with Crippen LogP contribution >= 0.6 is 15.9 Å². The molecule has 90 valence electrons. The van der Waals surface area contributed by atoms with E-state index < -0.39 is 6.10 Å². The highest BCUT2D eigenvalue weighted by molar-refractivity contribution is 9.10. The van der Waals surface area contributed by atoms with Crippen LogP contribution in [0.15, 0.2) is 59.2 Å². The second-order valence-electron chi connectivity index (χ2n) is 4.25. The Hall–Kier alpha value is -1.58. The van der Waals surface area contributed by atoms with Gasteiger partial charge in [-0.3, -0.25) is 0 Å². The summed E-state index contributed by atoms with van der Waals surface area (Å²) in [6.45, 7) is 0. The minimum Gasteiger partial charge on any atom is -0.384 e. The van der Waals surface area contributed by atoms with Crippen molar-refractivity contribution >= 4 is 26.8 Å². The molecular weight excluding hydrogens is 290 g/mol. The SMILES string of the molecule is OC(c1cccc(Br)c1)c1c[nH]c2ccccc12. The van der Waals surface area contributed by atoms with Crippen molar-refractivity contribution in [1.29, 1.82) is 0 Å². The summed E-state index contributed by atoms with van der Waals surface area (Å²) in [6, 6.07) is 15.7. The molecule has 3 heteroatoms. The van der Waals surface area contributed by atoms with Crippen LogP contribution in [-0.4, -0.2) is 10.1 Å². The third-order valence-corrected chi connectivity index (χ3v) is 3.57. The van der Waals surface area contributed by atoms with E-state index in [9.17, 15) is 5.11 Å². The van der Waals surface area contributed by atoms with Gasteiger partial charge in [0.1, 0.15) is 6.10 Å². The van der Waals surface area contributed by atoms with Gasteiger partial charge in [-0.05, 0) is 23.8 Å². The second-order valence-corrected chi connectivity index (χ2v) is 5.16. The van der Waals surface area contributed by atoms with Crippen molar-refractivity contribution < 1.29 is 5.11 Å². The lowest BCUT2D eigenvalue weighted by Gasteiger charge is -2.10. The number of aromatic amines is 1. The molecule has 0 bridgehead atoms. The summed E-state index contributed by atoms with van der Waals surface area (Å²) in [5.74, 6) is 0. The largest absolute Gasteiger partial charge is 0.384 e. The van der Waals surface area contributed by atoms with Gasteiger partial charge in [-0.25, -0.2) is 0 Å². The van der Waals surface area contributed by atoms with Gasteiger partial charge < -0.3 is 10.1 Å². The molecule has 1 atom stereocenters. The van der Waals surface area contributed by atoms with Gasteiger partial charge in [0.05, 0.1) is 0 Å². The van der Waals surface area contributed by atoms with Crippen LogP contribution in [0.2, 0.25) is 0 Å². The summed E-state index contributed by atoms with van der Waals surface area (Å²) in [5, 5.41) is 11.5. The van der Waals surface area contributed by atoms with Crippen LogP contribution < -0.4 is 0 Å². The molecule has 0 aliphatic rings. The van der Waals surface area contributed by atoms with E-state index in [0.717, 1.165) is 26.5 Å². The molecule has 0 saturated carbocycles. The summed E-state index contributed by atoms with van der Waals surface area (Å²) in [7, 11) is 0. The molecule has 0 aliphatic carbocycles. The molecule has 0 spiro atoms. The molecule has 2 nitrogen and oxygen atoms in total. The maximum atomic E-state index is 10.5. The van der Waals surface area contributed by atoms with E-state index in [1.807, 2.05) is 54.7 Å². The molecule has 3 aromatic rings. The Bertz CT molecular complexity index is 690. The quantitative estimate of drug-likeness (QED) is 0.737. The normalized spacial score (nSPS) is 12.8. The first-order valence-electron chi connectivity index (χ1n) is 5.75. The molecule has 1 unspecified atom stereocenters. The summed E-state index contributed by atoms with van der Waals surface area (Å²) < 4.78 is 0.971. The standard InChI is InChI=1S/C15H12BrNO/c16-11-5-3-4-10(8-11)15(18)13-9-17-14-7-2-1-6-12(13)14/h1-9,15,17-18H. The zero-order chi connectivity index (χ0) is 12.5. The molecular formula is C15H12BrNO. The highest BCUT2D eigenvalue weighted by atomic mass is 79.9. The molecule has 1 heterocycles. The fourth-order valence-corrected chi connectivity index (χ4v) is 2.59. The number of hydrogen-bond acceptors (Lipinski definition) is 1. The first kappa shape index (κ1) is 11.5. The van der Waals surface area contributed by atoms with Crippen LogP contribution in [0.3, 0.4) is 0 Å². The van der Waals surface area contributed by atoms with Crippen molar-refractivity contribution in [2.75, 3.05) is 0 Å². The Morgan fingerprint density at radius 1 is 1.06 bits per heavy atom. The van der Waals surface area contributed by atoms with Crippen molar-refractivity contribution in [1.82, 2.24) is 4.98 Å². The monoisotopic (exact) mass is 301 g/mol. The van der Waals surface area contributed by atoms with Crippen molar-refractivity contribution in [3.63, 3.8) is 0 Å². The lowest BCUT2D eigenvalue weighted by atomic mass is 10.0. The maximum Gasteiger partial charge on any atom is 0.106 e. The molecule has 0 amide bonds. The number of fused-ring (bicyclic) bond motifs is 1. The number of halogens is 1. The lowest BCUT2D eigenvalue weighted by Crippen LogP contribution is -1.98. The molecule has 1 aromatic heterocycles. The smallest absolute Gasteiger partial charge is 0.106 e. The third-order valence-electron chi connectivity index (χ3n) is 3.08. The Kier molecular flexibility index (Phi) is 2.94. The van der Waals surface area contributed by atoms with E-state index in [1.165, 1.54) is 0 Å². The molecule has 2 aromatic carbocycles. The van der Waals surface area contributed by atoms with Crippen molar-refractivity contribution in [2.24, 2.45) is 0 Å². The van der Waals surface area contributed by atoms with E-state index in [2.05, 4.69) is 20.9 Å². The first-order chi connectivity index (χ1) is 8.75. The highest BCUT2D eigenvalue weighted by Gasteiger charge is 2.14. The average molecular weight is 302 g/mol. The number of aliphatic hydroxyl groups is 1. The molecule has 0 fully saturated rings. The van der Waals surface area contributed by atoms with Crippen molar-refractivity contribution in [2.45, 2.75) is 6.10 Å². The number of H-pyrrole nitrogens is 1. The number of hydrogen-bond donors (Lipinski definition) is 2. The van der Waals surface area contributed by atoms with Crippen LogP contribution in [0.4, 0.5) is 0 Å². The molecule has 0 saturated heterocycles.